The first-order chi connectivity index (χ1) is 11.6. The SMILES string of the molecule is CCCOc1ccc(OCC(=O)NCc2ccc(C(=O)O)s2)cc1. The van der Waals surface area contributed by atoms with Crippen LogP contribution in [0.5, 0.6) is 11.5 Å². The predicted octanol–water partition coefficient (Wildman–Crippen LogP) is 2.93. The zero-order chi connectivity index (χ0) is 17.4. The van der Waals surface area contributed by atoms with Crippen LogP contribution in [0.1, 0.15) is 27.9 Å². The van der Waals surface area contributed by atoms with E-state index in [1.165, 1.54) is 6.07 Å². The zero-order valence-electron chi connectivity index (χ0n) is 13.3. The number of carboxylic acids is 1. The Morgan fingerprint density at radius 3 is 2.33 bits per heavy atom. The van der Waals surface area contributed by atoms with Gasteiger partial charge in [0, 0.05) is 4.88 Å². The van der Waals surface area contributed by atoms with Crippen LogP contribution in [-0.4, -0.2) is 30.2 Å². The first kappa shape index (κ1) is 17.8. The van der Waals surface area contributed by atoms with E-state index in [1.807, 2.05) is 6.92 Å². The van der Waals surface area contributed by atoms with E-state index in [0.717, 1.165) is 28.4 Å². The van der Waals surface area contributed by atoms with E-state index < -0.39 is 5.97 Å². The van der Waals surface area contributed by atoms with E-state index in [4.69, 9.17) is 14.6 Å². The van der Waals surface area contributed by atoms with Gasteiger partial charge in [0.05, 0.1) is 13.2 Å². The summed E-state index contributed by atoms with van der Waals surface area (Å²) in [7, 11) is 0. The third-order valence-electron chi connectivity index (χ3n) is 3.00. The van der Waals surface area contributed by atoms with Crippen molar-refractivity contribution in [1.29, 1.82) is 0 Å². The van der Waals surface area contributed by atoms with Gasteiger partial charge in [0.15, 0.2) is 6.61 Å². The number of aromatic carboxylic acids is 1. The highest BCUT2D eigenvalue weighted by atomic mass is 32.1. The normalized spacial score (nSPS) is 10.2. The van der Waals surface area contributed by atoms with Crippen molar-refractivity contribution in [3.8, 4) is 11.5 Å². The van der Waals surface area contributed by atoms with Crippen molar-refractivity contribution in [3.63, 3.8) is 0 Å². The minimum absolute atomic E-state index is 0.105. The van der Waals surface area contributed by atoms with Gasteiger partial charge in [-0.15, -0.1) is 11.3 Å². The Morgan fingerprint density at radius 1 is 1.08 bits per heavy atom. The monoisotopic (exact) mass is 349 g/mol. The van der Waals surface area contributed by atoms with Crippen LogP contribution in [0.4, 0.5) is 0 Å². The molecule has 0 unspecified atom stereocenters. The van der Waals surface area contributed by atoms with Crippen LogP contribution in [0, 0.1) is 0 Å². The molecule has 1 aromatic carbocycles. The third kappa shape index (κ3) is 5.58. The summed E-state index contributed by atoms with van der Waals surface area (Å²) in [6.45, 7) is 2.87. The molecule has 0 aliphatic carbocycles. The molecule has 2 rings (SSSR count). The van der Waals surface area contributed by atoms with Gasteiger partial charge in [0.25, 0.3) is 5.91 Å². The van der Waals surface area contributed by atoms with Gasteiger partial charge < -0.3 is 19.9 Å². The minimum Gasteiger partial charge on any atom is -0.494 e. The average Bonchev–Trinajstić information content (AvgIpc) is 3.06. The van der Waals surface area contributed by atoms with E-state index in [9.17, 15) is 9.59 Å². The topological polar surface area (TPSA) is 84.9 Å². The maximum absolute atomic E-state index is 11.8. The number of rotatable bonds is 9. The van der Waals surface area contributed by atoms with E-state index in [-0.39, 0.29) is 23.9 Å². The van der Waals surface area contributed by atoms with Crippen molar-refractivity contribution >= 4 is 23.2 Å². The fourth-order valence-corrected chi connectivity index (χ4v) is 2.61. The predicted molar refractivity (Wildman–Crippen MR) is 90.8 cm³/mol. The highest BCUT2D eigenvalue weighted by Gasteiger charge is 2.08. The number of thiophene rings is 1. The van der Waals surface area contributed by atoms with Gasteiger partial charge in [0.1, 0.15) is 16.4 Å². The average molecular weight is 349 g/mol. The number of ether oxygens (including phenoxy) is 2. The van der Waals surface area contributed by atoms with Crippen LogP contribution in [0.2, 0.25) is 0 Å². The number of hydrogen-bond donors (Lipinski definition) is 2. The van der Waals surface area contributed by atoms with E-state index in [2.05, 4.69) is 5.32 Å². The molecule has 0 bridgehead atoms. The first-order valence-electron chi connectivity index (χ1n) is 7.53. The van der Waals surface area contributed by atoms with Crippen molar-refractivity contribution in [2.45, 2.75) is 19.9 Å². The standard InChI is InChI=1S/C17H19NO5S/c1-2-9-22-12-3-5-13(6-4-12)23-11-16(19)18-10-14-7-8-15(24-14)17(20)21/h3-8H,2,9-11H2,1H3,(H,18,19)(H,20,21). The largest absolute Gasteiger partial charge is 0.494 e. The molecule has 1 heterocycles. The second kappa shape index (κ2) is 8.93. The Balaban J connectivity index is 1.73. The molecule has 2 aromatic rings. The van der Waals surface area contributed by atoms with Gasteiger partial charge in [-0.05, 0) is 42.8 Å². The maximum atomic E-state index is 11.8. The lowest BCUT2D eigenvalue weighted by Gasteiger charge is -2.08. The summed E-state index contributed by atoms with van der Waals surface area (Å²) in [5, 5.41) is 11.5. The second-order valence-corrected chi connectivity index (χ2v) is 6.12. The Hall–Kier alpha value is -2.54. The van der Waals surface area contributed by atoms with Gasteiger partial charge in [-0.1, -0.05) is 6.92 Å². The van der Waals surface area contributed by atoms with Crippen LogP contribution in [-0.2, 0) is 11.3 Å². The Bertz CT molecular complexity index is 681. The molecule has 0 saturated carbocycles. The molecule has 0 saturated heterocycles. The molecule has 0 aliphatic rings. The van der Waals surface area contributed by atoms with Crippen LogP contribution >= 0.6 is 11.3 Å². The minimum atomic E-state index is -0.965. The van der Waals surface area contributed by atoms with E-state index in [1.54, 1.807) is 30.3 Å². The molecule has 1 aromatic heterocycles. The number of benzene rings is 1. The Morgan fingerprint density at radius 2 is 1.75 bits per heavy atom. The van der Waals surface area contributed by atoms with Crippen molar-refractivity contribution < 1.29 is 24.2 Å². The lowest BCUT2D eigenvalue weighted by molar-refractivity contribution is -0.123. The lowest BCUT2D eigenvalue weighted by Crippen LogP contribution is -2.28. The van der Waals surface area contributed by atoms with Crippen molar-refractivity contribution in [1.82, 2.24) is 5.32 Å². The maximum Gasteiger partial charge on any atom is 0.345 e. The molecule has 2 N–H and O–H groups in total. The van der Waals surface area contributed by atoms with Gasteiger partial charge in [-0.2, -0.15) is 0 Å². The van der Waals surface area contributed by atoms with Gasteiger partial charge >= 0.3 is 5.97 Å². The smallest absolute Gasteiger partial charge is 0.345 e. The highest BCUT2D eigenvalue weighted by Crippen LogP contribution is 2.18. The molecule has 7 heteroatoms. The molecule has 0 spiro atoms. The number of amides is 1. The number of carbonyl (C=O) groups excluding carboxylic acids is 1. The molecular formula is C17H19NO5S. The zero-order valence-corrected chi connectivity index (χ0v) is 14.1. The molecule has 0 fully saturated rings. The van der Waals surface area contributed by atoms with Gasteiger partial charge in [-0.25, -0.2) is 4.79 Å². The van der Waals surface area contributed by atoms with Crippen molar-refractivity contribution in [2.75, 3.05) is 13.2 Å². The second-order valence-electron chi connectivity index (χ2n) is 4.96. The summed E-state index contributed by atoms with van der Waals surface area (Å²) in [6, 6.07) is 10.3. The summed E-state index contributed by atoms with van der Waals surface area (Å²) in [6.07, 6.45) is 0.941. The molecule has 0 atom stereocenters. The fourth-order valence-electron chi connectivity index (χ4n) is 1.83. The number of hydrogen-bond acceptors (Lipinski definition) is 5. The molecular weight excluding hydrogens is 330 g/mol. The van der Waals surface area contributed by atoms with Crippen molar-refractivity contribution in [2.24, 2.45) is 0 Å². The molecule has 0 aliphatic heterocycles. The van der Waals surface area contributed by atoms with Crippen molar-refractivity contribution in [3.05, 3.63) is 46.2 Å². The molecule has 0 radical (unpaired) electrons. The van der Waals surface area contributed by atoms with E-state index >= 15 is 0 Å². The van der Waals surface area contributed by atoms with Crippen LogP contribution < -0.4 is 14.8 Å². The van der Waals surface area contributed by atoms with Gasteiger partial charge in [0.2, 0.25) is 0 Å². The Labute approximate surface area is 144 Å². The quantitative estimate of drug-likeness (QED) is 0.727. The molecule has 128 valence electrons. The van der Waals surface area contributed by atoms with Crippen LogP contribution in [0.3, 0.4) is 0 Å². The van der Waals surface area contributed by atoms with E-state index in [0.29, 0.717) is 12.4 Å². The third-order valence-corrected chi connectivity index (χ3v) is 4.07. The highest BCUT2D eigenvalue weighted by molar-refractivity contribution is 7.13. The first-order valence-corrected chi connectivity index (χ1v) is 8.34. The van der Waals surface area contributed by atoms with Gasteiger partial charge in [-0.3, -0.25) is 4.79 Å². The number of carbonyl (C=O) groups is 2. The number of carboxylic acid groups (broad SMARTS) is 1. The molecule has 1 amide bonds. The van der Waals surface area contributed by atoms with Crippen LogP contribution in [0.25, 0.3) is 0 Å². The summed E-state index contributed by atoms with van der Waals surface area (Å²) in [5.74, 6) is 0.109. The molecule has 6 nitrogen and oxygen atoms in total. The summed E-state index contributed by atoms with van der Waals surface area (Å²) in [4.78, 5) is 23.6. The summed E-state index contributed by atoms with van der Waals surface area (Å²) in [5.41, 5.74) is 0. The Kier molecular flexibility index (Phi) is 6.62. The summed E-state index contributed by atoms with van der Waals surface area (Å²) >= 11 is 1.14. The number of nitrogens with one attached hydrogen (secondary N) is 1. The van der Waals surface area contributed by atoms with Crippen LogP contribution in [0.15, 0.2) is 36.4 Å². The fraction of sp³-hybridized carbons (Fsp3) is 0.294. The lowest BCUT2D eigenvalue weighted by atomic mass is 10.3. The summed E-state index contributed by atoms with van der Waals surface area (Å²) < 4.78 is 10.9. The molecule has 24 heavy (non-hydrogen) atoms.